The Hall–Kier alpha value is -1.24. The van der Waals surface area contributed by atoms with E-state index in [0.717, 1.165) is 28.5 Å². The minimum atomic E-state index is -0.340. The highest BCUT2D eigenvalue weighted by atomic mass is 32.1. The third kappa shape index (κ3) is 3.33. The molecule has 0 spiro atoms. The molecular weight excluding hydrogens is 304 g/mol. The standard InChI is InChI=1S/C15H18N2O2S2/c1-10(18)11-4-5-17(8-11)14(19)7-12-9-21-15(16-12)13-3-2-6-20-13/h2-3,6,9-11,18H,4-5,7-8H2,1H3. The number of aromatic nitrogens is 1. The Kier molecular flexibility index (Phi) is 4.37. The van der Waals surface area contributed by atoms with Gasteiger partial charge in [0.1, 0.15) is 5.01 Å². The van der Waals surface area contributed by atoms with Crippen molar-refractivity contribution in [1.29, 1.82) is 0 Å². The predicted octanol–water partition coefficient (Wildman–Crippen LogP) is 2.64. The summed E-state index contributed by atoms with van der Waals surface area (Å²) in [4.78, 5) is 19.8. The molecule has 2 aromatic heterocycles. The van der Waals surface area contributed by atoms with Gasteiger partial charge in [-0.15, -0.1) is 22.7 Å². The van der Waals surface area contributed by atoms with Crippen molar-refractivity contribution >= 4 is 28.6 Å². The molecular formula is C15H18N2O2S2. The van der Waals surface area contributed by atoms with Crippen LogP contribution in [-0.4, -0.2) is 40.1 Å². The van der Waals surface area contributed by atoms with E-state index in [0.29, 0.717) is 13.0 Å². The number of hydrogen-bond donors (Lipinski definition) is 1. The van der Waals surface area contributed by atoms with E-state index in [9.17, 15) is 9.90 Å². The van der Waals surface area contributed by atoms with Gasteiger partial charge in [-0.1, -0.05) is 6.07 Å². The number of carbonyl (C=O) groups excluding carboxylic acids is 1. The van der Waals surface area contributed by atoms with Crippen LogP contribution in [0, 0.1) is 5.92 Å². The van der Waals surface area contributed by atoms with Gasteiger partial charge >= 0.3 is 0 Å². The molecule has 2 atom stereocenters. The van der Waals surface area contributed by atoms with Crippen LogP contribution in [-0.2, 0) is 11.2 Å². The van der Waals surface area contributed by atoms with Crippen molar-refractivity contribution in [2.45, 2.75) is 25.9 Å². The van der Waals surface area contributed by atoms with Crippen LogP contribution in [0.2, 0.25) is 0 Å². The number of nitrogens with zero attached hydrogens (tertiary/aromatic N) is 2. The molecule has 0 bridgehead atoms. The molecule has 1 aliphatic heterocycles. The summed E-state index contributed by atoms with van der Waals surface area (Å²) in [6.07, 6.45) is 0.905. The predicted molar refractivity (Wildman–Crippen MR) is 85.5 cm³/mol. The van der Waals surface area contributed by atoms with Crippen molar-refractivity contribution < 1.29 is 9.90 Å². The van der Waals surface area contributed by atoms with E-state index in [1.54, 1.807) is 29.6 Å². The van der Waals surface area contributed by atoms with Gasteiger partial charge in [0.15, 0.2) is 0 Å². The normalized spacial score (nSPS) is 19.9. The molecule has 0 aromatic carbocycles. The highest BCUT2D eigenvalue weighted by molar-refractivity contribution is 7.20. The maximum absolute atomic E-state index is 12.3. The van der Waals surface area contributed by atoms with Gasteiger partial charge in [0.05, 0.1) is 23.1 Å². The van der Waals surface area contributed by atoms with Crippen LogP contribution < -0.4 is 0 Å². The van der Waals surface area contributed by atoms with E-state index in [-0.39, 0.29) is 17.9 Å². The second-order valence-electron chi connectivity index (χ2n) is 5.43. The van der Waals surface area contributed by atoms with Crippen LogP contribution in [0.5, 0.6) is 0 Å². The zero-order valence-corrected chi connectivity index (χ0v) is 13.5. The maximum Gasteiger partial charge on any atom is 0.228 e. The van der Waals surface area contributed by atoms with Crippen molar-refractivity contribution in [3.05, 3.63) is 28.6 Å². The fourth-order valence-corrected chi connectivity index (χ4v) is 4.21. The van der Waals surface area contributed by atoms with Gasteiger partial charge in [0, 0.05) is 24.4 Å². The summed E-state index contributed by atoms with van der Waals surface area (Å²) in [6, 6.07) is 4.05. The van der Waals surface area contributed by atoms with Crippen molar-refractivity contribution in [3.8, 4) is 9.88 Å². The van der Waals surface area contributed by atoms with E-state index in [2.05, 4.69) is 4.98 Å². The van der Waals surface area contributed by atoms with Gasteiger partial charge in [0.2, 0.25) is 5.91 Å². The second-order valence-corrected chi connectivity index (χ2v) is 7.23. The Balaban J connectivity index is 1.61. The SMILES string of the molecule is CC(O)C1CCN(C(=O)Cc2csc(-c3cccs3)n2)C1. The number of amides is 1. The van der Waals surface area contributed by atoms with E-state index >= 15 is 0 Å². The molecule has 3 heterocycles. The van der Waals surface area contributed by atoms with Crippen molar-refractivity contribution in [3.63, 3.8) is 0 Å². The van der Waals surface area contributed by atoms with Crippen LogP contribution in [0.3, 0.4) is 0 Å². The Morgan fingerprint density at radius 3 is 3.10 bits per heavy atom. The van der Waals surface area contributed by atoms with E-state index in [1.807, 2.05) is 27.8 Å². The van der Waals surface area contributed by atoms with Crippen LogP contribution in [0.15, 0.2) is 22.9 Å². The first-order chi connectivity index (χ1) is 10.1. The van der Waals surface area contributed by atoms with Crippen LogP contribution >= 0.6 is 22.7 Å². The zero-order chi connectivity index (χ0) is 14.8. The number of rotatable bonds is 4. The van der Waals surface area contributed by atoms with Crippen molar-refractivity contribution in [2.75, 3.05) is 13.1 Å². The molecule has 1 amide bonds. The Morgan fingerprint density at radius 1 is 1.57 bits per heavy atom. The Morgan fingerprint density at radius 2 is 2.43 bits per heavy atom. The molecule has 0 saturated carbocycles. The Bertz CT molecular complexity index is 607. The number of aliphatic hydroxyl groups is 1. The molecule has 21 heavy (non-hydrogen) atoms. The number of thiazole rings is 1. The molecule has 112 valence electrons. The van der Waals surface area contributed by atoms with Gasteiger partial charge < -0.3 is 10.0 Å². The maximum atomic E-state index is 12.3. The zero-order valence-electron chi connectivity index (χ0n) is 11.9. The summed E-state index contributed by atoms with van der Waals surface area (Å²) < 4.78 is 0. The van der Waals surface area contributed by atoms with Gasteiger partial charge in [-0.05, 0) is 24.8 Å². The average molecular weight is 322 g/mol. The fourth-order valence-electron chi connectivity index (χ4n) is 2.58. The van der Waals surface area contributed by atoms with Crippen molar-refractivity contribution in [2.24, 2.45) is 5.92 Å². The summed E-state index contributed by atoms with van der Waals surface area (Å²) in [5, 5.41) is 14.6. The van der Waals surface area contributed by atoms with E-state index in [4.69, 9.17) is 0 Å². The highest BCUT2D eigenvalue weighted by Crippen LogP contribution is 2.28. The molecule has 1 saturated heterocycles. The number of aliphatic hydroxyl groups excluding tert-OH is 1. The summed E-state index contributed by atoms with van der Waals surface area (Å²) in [5.74, 6) is 0.326. The summed E-state index contributed by atoms with van der Waals surface area (Å²) in [6.45, 7) is 3.21. The first kappa shape index (κ1) is 14.7. The first-order valence-electron chi connectivity index (χ1n) is 7.07. The lowest BCUT2D eigenvalue weighted by Gasteiger charge is -2.17. The Labute approximate surface area is 132 Å². The molecule has 1 N–H and O–H groups in total. The first-order valence-corrected chi connectivity index (χ1v) is 8.83. The average Bonchev–Trinajstić information content (AvgIpc) is 3.19. The summed E-state index contributed by atoms with van der Waals surface area (Å²) >= 11 is 3.25. The fraction of sp³-hybridized carbons (Fsp3) is 0.467. The van der Waals surface area contributed by atoms with Crippen LogP contribution in [0.1, 0.15) is 19.0 Å². The summed E-state index contributed by atoms with van der Waals surface area (Å²) in [5.41, 5.74) is 0.842. The third-order valence-corrected chi connectivity index (χ3v) is 5.81. The van der Waals surface area contributed by atoms with Crippen LogP contribution in [0.4, 0.5) is 0 Å². The molecule has 1 aliphatic rings. The lowest BCUT2D eigenvalue weighted by atomic mass is 10.0. The minimum absolute atomic E-state index is 0.112. The molecule has 2 unspecified atom stereocenters. The quantitative estimate of drug-likeness (QED) is 0.941. The third-order valence-electron chi connectivity index (χ3n) is 3.88. The summed E-state index contributed by atoms with van der Waals surface area (Å²) in [7, 11) is 0. The molecule has 0 radical (unpaired) electrons. The number of carbonyl (C=O) groups is 1. The number of thiophene rings is 1. The molecule has 3 rings (SSSR count). The highest BCUT2D eigenvalue weighted by Gasteiger charge is 2.29. The lowest BCUT2D eigenvalue weighted by Crippen LogP contribution is -2.31. The molecule has 6 heteroatoms. The topological polar surface area (TPSA) is 53.4 Å². The largest absolute Gasteiger partial charge is 0.393 e. The van der Waals surface area contributed by atoms with Crippen molar-refractivity contribution in [1.82, 2.24) is 9.88 Å². The van der Waals surface area contributed by atoms with E-state index in [1.165, 1.54) is 0 Å². The lowest BCUT2D eigenvalue weighted by molar-refractivity contribution is -0.129. The van der Waals surface area contributed by atoms with Crippen LogP contribution in [0.25, 0.3) is 9.88 Å². The van der Waals surface area contributed by atoms with Gasteiger partial charge in [0.25, 0.3) is 0 Å². The molecule has 2 aromatic rings. The van der Waals surface area contributed by atoms with Gasteiger partial charge in [-0.25, -0.2) is 4.98 Å². The monoisotopic (exact) mass is 322 g/mol. The molecule has 1 fully saturated rings. The van der Waals surface area contributed by atoms with Gasteiger partial charge in [-0.2, -0.15) is 0 Å². The number of hydrogen-bond acceptors (Lipinski definition) is 5. The smallest absolute Gasteiger partial charge is 0.228 e. The minimum Gasteiger partial charge on any atom is -0.393 e. The molecule has 4 nitrogen and oxygen atoms in total. The van der Waals surface area contributed by atoms with Gasteiger partial charge in [-0.3, -0.25) is 4.79 Å². The number of likely N-dealkylation sites (tertiary alicyclic amines) is 1. The second kappa shape index (κ2) is 6.25. The van der Waals surface area contributed by atoms with E-state index < -0.39 is 0 Å². The molecule has 0 aliphatic carbocycles.